The van der Waals surface area contributed by atoms with Crippen LogP contribution in [0.15, 0.2) is 72.8 Å². The highest BCUT2D eigenvalue weighted by molar-refractivity contribution is 6.30. The number of carboxylic acid groups (broad SMARTS) is 1. The van der Waals surface area contributed by atoms with E-state index in [9.17, 15) is 19.5 Å². The van der Waals surface area contributed by atoms with E-state index in [1.807, 2.05) is 36.4 Å². The maximum absolute atomic E-state index is 13.8. The van der Waals surface area contributed by atoms with Crippen molar-refractivity contribution in [2.75, 3.05) is 4.90 Å². The average Bonchev–Trinajstić information content (AvgIpc) is 3.32. The number of hydrogen-bond acceptors (Lipinski definition) is 3. The molecule has 3 aromatic carbocycles. The maximum Gasteiger partial charge on any atom is 0.337 e. The molecule has 6 rings (SSSR count). The van der Waals surface area contributed by atoms with Crippen LogP contribution in [0, 0.1) is 0 Å². The SMILES string of the molecule is O=C(O)c1ccccc1N1C(=O)[C@@H]2Cc3c([nH]c4ccccc34)[C@H](c3cccc(Cl)c3)N2C1=O. The molecule has 0 aliphatic carbocycles. The van der Waals surface area contributed by atoms with Gasteiger partial charge in [-0.2, -0.15) is 0 Å². The topological polar surface area (TPSA) is 93.7 Å². The highest BCUT2D eigenvalue weighted by atomic mass is 35.5. The summed E-state index contributed by atoms with van der Waals surface area (Å²) in [5.41, 5.74) is 3.45. The molecule has 0 radical (unpaired) electrons. The summed E-state index contributed by atoms with van der Waals surface area (Å²) in [4.78, 5) is 45.3. The number of aromatic amines is 1. The Morgan fingerprint density at radius 1 is 1.00 bits per heavy atom. The van der Waals surface area contributed by atoms with Crippen molar-refractivity contribution in [1.82, 2.24) is 9.88 Å². The van der Waals surface area contributed by atoms with Gasteiger partial charge < -0.3 is 10.1 Å². The summed E-state index contributed by atoms with van der Waals surface area (Å²) in [6.45, 7) is 0. The zero-order valence-corrected chi connectivity index (χ0v) is 18.5. The van der Waals surface area contributed by atoms with Crippen molar-refractivity contribution in [2.24, 2.45) is 0 Å². The van der Waals surface area contributed by atoms with Gasteiger partial charge in [0.15, 0.2) is 0 Å². The molecule has 34 heavy (non-hydrogen) atoms. The molecule has 4 aromatic rings. The Morgan fingerprint density at radius 3 is 2.56 bits per heavy atom. The third kappa shape index (κ3) is 2.87. The molecule has 3 heterocycles. The van der Waals surface area contributed by atoms with Gasteiger partial charge in [0.05, 0.1) is 11.3 Å². The summed E-state index contributed by atoms with van der Waals surface area (Å²) in [7, 11) is 0. The predicted octanol–water partition coefficient (Wildman–Crippen LogP) is 5.00. The molecular formula is C26H18ClN3O4. The smallest absolute Gasteiger partial charge is 0.337 e. The van der Waals surface area contributed by atoms with Gasteiger partial charge in [-0.1, -0.05) is 54.1 Å². The number of halogens is 1. The normalized spacial score (nSPS) is 19.4. The molecule has 2 aliphatic heterocycles. The van der Waals surface area contributed by atoms with Gasteiger partial charge in [0.1, 0.15) is 12.1 Å². The zero-order chi connectivity index (χ0) is 23.6. The van der Waals surface area contributed by atoms with Gasteiger partial charge in [-0.25, -0.2) is 14.5 Å². The first-order chi connectivity index (χ1) is 16.5. The van der Waals surface area contributed by atoms with Crippen LogP contribution in [0.4, 0.5) is 10.5 Å². The molecular weight excluding hydrogens is 454 g/mol. The van der Waals surface area contributed by atoms with Gasteiger partial charge in [-0.15, -0.1) is 0 Å². The lowest BCUT2D eigenvalue weighted by Crippen LogP contribution is -2.44. The number of imide groups is 1. The summed E-state index contributed by atoms with van der Waals surface area (Å²) < 4.78 is 0. The Labute approximate surface area is 199 Å². The molecule has 2 aliphatic rings. The van der Waals surface area contributed by atoms with E-state index in [1.54, 1.807) is 29.2 Å². The van der Waals surface area contributed by atoms with Crippen molar-refractivity contribution in [2.45, 2.75) is 18.5 Å². The molecule has 1 aromatic heterocycles. The molecule has 2 atom stereocenters. The van der Waals surface area contributed by atoms with Crippen LogP contribution in [0.5, 0.6) is 0 Å². The fraction of sp³-hybridized carbons (Fsp3) is 0.115. The van der Waals surface area contributed by atoms with Crippen molar-refractivity contribution >= 4 is 46.1 Å². The van der Waals surface area contributed by atoms with Crippen LogP contribution in [0.3, 0.4) is 0 Å². The van der Waals surface area contributed by atoms with Crippen molar-refractivity contribution in [3.8, 4) is 0 Å². The second kappa shape index (κ2) is 7.46. The molecule has 2 N–H and O–H groups in total. The number of H-pyrrole nitrogens is 1. The largest absolute Gasteiger partial charge is 0.478 e. The molecule has 3 amide bonds. The summed E-state index contributed by atoms with van der Waals surface area (Å²) in [5.74, 6) is -1.65. The van der Waals surface area contributed by atoms with Crippen molar-refractivity contribution in [3.05, 3.63) is 100 Å². The van der Waals surface area contributed by atoms with Crippen molar-refractivity contribution in [1.29, 1.82) is 0 Å². The van der Waals surface area contributed by atoms with Gasteiger partial charge in [0, 0.05) is 28.0 Å². The third-order valence-corrected chi connectivity index (χ3v) is 6.82. The van der Waals surface area contributed by atoms with E-state index in [-0.39, 0.29) is 11.3 Å². The summed E-state index contributed by atoms with van der Waals surface area (Å²) in [6.07, 6.45) is 0.326. The van der Waals surface area contributed by atoms with E-state index in [2.05, 4.69) is 4.98 Å². The maximum atomic E-state index is 13.8. The highest BCUT2D eigenvalue weighted by Crippen LogP contribution is 2.45. The number of fused-ring (bicyclic) bond motifs is 4. The van der Waals surface area contributed by atoms with Crippen LogP contribution < -0.4 is 4.90 Å². The number of urea groups is 1. The number of aromatic carboxylic acids is 1. The zero-order valence-electron chi connectivity index (χ0n) is 17.7. The van der Waals surface area contributed by atoms with Crippen LogP contribution >= 0.6 is 11.6 Å². The second-order valence-electron chi connectivity index (χ2n) is 8.43. The first-order valence-corrected chi connectivity index (χ1v) is 11.2. The molecule has 1 fully saturated rings. The number of nitrogens with one attached hydrogen (secondary N) is 1. The Bertz CT molecular complexity index is 1510. The molecule has 0 spiro atoms. The number of benzene rings is 3. The van der Waals surface area contributed by atoms with Crippen LogP contribution in [-0.2, 0) is 11.2 Å². The van der Waals surface area contributed by atoms with E-state index in [1.165, 1.54) is 12.1 Å². The minimum atomic E-state index is -1.20. The number of aromatic nitrogens is 1. The number of nitrogens with zero attached hydrogens (tertiary/aromatic N) is 2. The van der Waals surface area contributed by atoms with Gasteiger partial charge in [0.2, 0.25) is 0 Å². The summed E-state index contributed by atoms with van der Waals surface area (Å²) in [6, 6.07) is 19.2. The summed E-state index contributed by atoms with van der Waals surface area (Å²) >= 11 is 6.30. The Balaban J connectivity index is 1.56. The van der Waals surface area contributed by atoms with E-state index < -0.39 is 30.0 Å². The lowest BCUT2D eigenvalue weighted by atomic mass is 9.89. The first kappa shape index (κ1) is 20.5. The number of carbonyl (C=O) groups excluding carboxylic acids is 2. The number of hydrogen-bond donors (Lipinski definition) is 2. The third-order valence-electron chi connectivity index (χ3n) is 6.59. The molecule has 168 valence electrons. The fourth-order valence-electron chi connectivity index (χ4n) is 5.17. The molecule has 0 bridgehead atoms. The molecule has 7 nitrogen and oxygen atoms in total. The minimum absolute atomic E-state index is 0.0674. The quantitative estimate of drug-likeness (QED) is 0.411. The number of carbonyl (C=O) groups is 3. The van der Waals surface area contributed by atoms with Crippen molar-refractivity contribution in [3.63, 3.8) is 0 Å². The van der Waals surface area contributed by atoms with E-state index in [0.717, 1.165) is 32.6 Å². The average molecular weight is 472 g/mol. The van der Waals surface area contributed by atoms with E-state index >= 15 is 0 Å². The molecule has 1 saturated heterocycles. The Hall–Kier alpha value is -4.10. The van der Waals surface area contributed by atoms with Crippen LogP contribution in [-0.4, -0.2) is 38.9 Å². The second-order valence-corrected chi connectivity index (χ2v) is 8.86. The monoisotopic (exact) mass is 471 g/mol. The Kier molecular flexibility index (Phi) is 4.50. The Morgan fingerprint density at radius 2 is 1.76 bits per heavy atom. The molecule has 8 heteroatoms. The lowest BCUT2D eigenvalue weighted by Gasteiger charge is -2.36. The number of anilines is 1. The number of rotatable bonds is 3. The standard InChI is InChI=1S/C26H18ClN3O4/c27-15-7-5-6-14(12-15)23-22-18(16-8-1-3-10-19(16)28-22)13-21-24(31)30(26(34)29(21)23)20-11-4-2-9-17(20)25(32)33/h1-12,21,23,28H,13H2,(H,32,33)/t21-,23-/m0/s1. The van der Waals surface area contributed by atoms with E-state index in [4.69, 9.17) is 11.6 Å². The number of amides is 3. The number of para-hydroxylation sites is 2. The van der Waals surface area contributed by atoms with Gasteiger partial charge >= 0.3 is 12.0 Å². The number of carboxylic acids is 1. The molecule has 0 saturated carbocycles. The van der Waals surface area contributed by atoms with Gasteiger partial charge in [-0.05, 0) is 41.5 Å². The van der Waals surface area contributed by atoms with Crippen LogP contribution in [0.25, 0.3) is 10.9 Å². The predicted molar refractivity (Wildman–Crippen MR) is 127 cm³/mol. The van der Waals surface area contributed by atoms with Gasteiger partial charge in [-0.3, -0.25) is 9.69 Å². The lowest BCUT2D eigenvalue weighted by molar-refractivity contribution is -0.120. The van der Waals surface area contributed by atoms with Crippen LogP contribution in [0.2, 0.25) is 5.02 Å². The van der Waals surface area contributed by atoms with Gasteiger partial charge in [0.25, 0.3) is 5.91 Å². The molecule has 0 unspecified atom stereocenters. The van der Waals surface area contributed by atoms with E-state index in [0.29, 0.717) is 11.4 Å². The van der Waals surface area contributed by atoms with Crippen molar-refractivity contribution < 1.29 is 19.5 Å². The highest BCUT2D eigenvalue weighted by Gasteiger charge is 2.53. The van der Waals surface area contributed by atoms with Crippen LogP contribution in [0.1, 0.15) is 33.2 Å². The summed E-state index contributed by atoms with van der Waals surface area (Å²) in [5, 5.41) is 11.2. The first-order valence-electron chi connectivity index (χ1n) is 10.8. The minimum Gasteiger partial charge on any atom is -0.478 e. The fourth-order valence-corrected chi connectivity index (χ4v) is 5.37.